The molecule has 77 heavy (non-hydrogen) atoms. The molecule has 16 bridgehead atoms. The van der Waals surface area contributed by atoms with Gasteiger partial charge in [-0.25, -0.2) is 29.9 Å². The molecule has 0 aliphatic carbocycles. The zero-order chi connectivity index (χ0) is 53.9. The topological polar surface area (TPSA) is 251 Å². The molecule has 4 aliphatic heterocycles. The Labute approximate surface area is 451 Å². The predicted molar refractivity (Wildman–Crippen MR) is 290 cm³/mol. The van der Waals surface area contributed by atoms with Crippen molar-refractivity contribution in [2.45, 2.75) is 116 Å². The molecule has 7 aromatic heterocycles. The van der Waals surface area contributed by atoms with Crippen LogP contribution in [0.3, 0.4) is 0 Å². The highest BCUT2D eigenvalue weighted by Gasteiger charge is 2.25. The van der Waals surface area contributed by atoms with Gasteiger partial charge in [0.1, 0.15) is 6.04 Å². The average Bonchev–Trinajstić information content (AvgIpc) is 3.86. The van der Waals surface area contributed by atoms with Crippen LogP contribution in [0, 0.1) is 0 Å². The number of amides is 2. The van der Waals surface area contributed by atoms with E-state index < -0.39 is 28.0 Å². The molecular weight excluding hydrogens is 1020 g/mol. The third kappa shape index (κ3) is 15.8. The number of fused-ring (bicyclic) bond motifs is 2. The molecule has 4 N–H and O–H groups in total. The highest BCUT2D eigenvalue weighted by Crippen LogP contribution is 2.28. The molecular formula is C57H60N10O8S2. The van der Waals surface area contributed by atoms with Crippen molar-refractivity contribution in [1.82, 2.24) is 50.3 Å². The quantitative estimate of drug-likeness (QED) is 0.0782. The molecule has 0 fully saturated rings. The van der Waals surface area contributed by atoms with Crippen molar-refractivity contribution in [2.24, 2.45) is 0 Å². The van der Waals surface area contributed by atoms with E-state index in [2.05, 4.69) is 26.5 Å². The number of carboxylic acid groups (broad SMARTS) is 1. The summed E-state index contributed by atoms with van der Waals surface area (Å²) < 4.78 is 25.9. The fraction of sp³-hybridized carbons (Fsp3) is 0.333. The van der Waals surface area contributed by atoms with Crippen LogP contribution >= 0.6 is 11.3 Å². The van der Waals surface area contributed by atoms with Crippen molar-refractivity contribution in [3.05, 3.63) is 164 Å². The van der Waals surface area contributed by atoms with Crippen LogP contribution in [0.2, 0.25) is 0 Å². The summed E-state index contributed by atoms with van der Waals surface area (Å²) in [5.41, 5.74) is 9.24. The number of pyridine rings is 6. The summed E-state index contributed by atoms with van der Waals surface area (Å²) in [5.74, 6) is -1.50. The second-order valence-electron chi connectivity index (χ2n) is 19.6. The smallest absolute Gasteiger partial charge is 0.303 e. The van der Waals surface area contributed by atoms with Crippen LogP contribution in [0.5, 0.6) is 0 Å². The normalized spacial score (nSPS) is 17.5. The van der Waals surface area contributed by atoms with Crippen LogP contribution in [-0.2, 0) is 71.9 Å². The number of thiophene rings is 1. The maximum absolute atomic E-state index is 14.7. The van der Waals surface area contributed by atoms with Crippen LogP contribution in [0.25, 0.3) is 34.2 Å². The molecule has 398 valence electrons. The largest absolute Gasteiger partial charge is 0.481 e. The Kier molecular flexibility index (Phi) is 17.7. The first-order valence-electron chi connectivity index (χ1n) is 25.8. The summed E-state index contributed by atoms with van der Waals surface area (Å²) in [4.78, 5) is 91.5. The Morgan fingerprint density at radius 3 is 1.60 bits per heavy atom. The first-order valence-corrected chi connectivity index (χ1v) is 28.4. The highest BCUT2D eigenvalue weighted by molar-refractivity contribution is 7.85. The summed E-state index contributed by atoms with van der Waals surface area (Å²) in [6.07, 6.45) is 6.73. The van der Waals surface area contributed by atoms with E-state index in [1.54, 1.807) is 29.5 Å². The van der Waals surface area contributed by atoms with Gasteiger partial charge in [0.15, 0.2) is 5.78 Å². The van der Waals surface area contributed by atoms with E-state index in [4.69, 9.17) is 39.6 Å². The van der Waals surface area contributed by atoms with E-state index in [1.807, 2.05) is 84.9 Å². The minimum Gasteiger partial charge on any atom is -0.481 e. The van der Waals surface area contributed by atoms with Crippen molar-refractivity contribution in [2.75, 3.05) is 6.26 Å². The number of nitrogens with one attached hydrogen (secondary N) is 2. The number of unbranched alkanes of at least 4 members (excludes halogenated alkanes) is 2. The Hall–Kier alpha value is -7.49. The zero-order valence-electron chi connectivity index (χ0n) is 42.7. The molecule has 0 aromatic carbocycles. The van der Waals surface area contributed by atoms with Crippen molar-refractivity contribution in [3.63, 3.8) is 0 Å². The van der Waals surface area contributed by atoms with Gasteiger partial charge in [-0.1, -0.05) is 43.5 Å². The van der Waals surface area contributed by atoms with E-state index >= 15 is 0 Å². The molecule has 1 atom stereocenters. The number of ketones is 1. The van der Waals surface area contributed by atoms with Gasteiger partial charge in [-0.15, -0.1) is 11.3 Å². The molecule has 1 unspecified atom stereocenters. The molecule has 0 saturated carbocycles. The van der Waals surface area contributed by atoms with Gasteiger partial charge >= 0.3 is 5.97 Å². The molecule has 4 aliphatic rings. The number of aryl methyl sites for hydroxylation is 1. The fourth-order valence-electron chi connectivity index (χ4n) is 9.61. The van der Waals surface area contributed by atoms with Crippen molar-refractivity contribution >= 4 is 45.0 Å². The third-order valence-electron chi connectivity index (χ3n) is 13.2. The van der Waals surface area contributed by atoms with E-state index in [0.29, 0.717) is 118 Å². The summed E-state index contributed by atoms with van der Waals surface area (Å²) >= 11 is 1.62. The van der Waals surface area contributed by atoms with Gasteiger partial charge in [0.05, 0.1) is 81.1 Å². The second kappa shape index (κ2) is 25.1. The van der Waals surface area contributed by atoms with Gasteiger partial charge in [-0.05, 0) is 117 Å². The minimum absolute atomic E-state index is 0.0155. The van der Waals surface area contributed by atoms with Gasteiger partial charge in [-0.2, -0.15) is 8.42 Å². The van der Waals surface area contributed by atoms with Gasteiger partial charge < -0.3 is 15.7 Å². The number of aliphatic carboxylic acids is 1. The molecule has 11 rings (SSSR count). The predicted octanol–water partition coefficient (Wildman–Crippen LogP) is 8.40. The van der Waals surface area contributed by atoms with Crippen molar-refractivity contribution in [1.29, 1.82) is 0 Å². The first kappa shape index (κ1) is 54.3. The highest BCUT2D eigenvalue weighted by atomic mass is 32.2. The fourth-order valence-corrected chi connectivity index (χ4v) is 10.6. The Bertz CT molecular complexity index is 3300. The lowest BCUT2D eigenvalue weighted by atomic mass is 10.0. The molecule has 11 heterocycles. The van der Waals surface area contributed by atoms with E-state index in [0.717, 1.165) is 69.7 Å². The maximum Gasteiger partial charge on any atom is 0.303 e. The van der Waals surface area contributed by atoms with Gasteiger partial charge in [0.2, 0.25) is 5.91 Å². The number of hydrogen-bond acceptors (Lipinski definition) is 15. The molecule has 7 aromatic rings. The number of carbonyl (C=O) groups excluding carboxylic acids is 3. The SMILES string of the molecule is CS(=O)(=O)O.O=C(O)CCCCCc1ccc(CNC(=O)C2CCCCCC(=O)c3cc4nc(c3)-c3cc(cc(n3)CN3Cc5cccc(n5)-c5cccc(n5)CN(Cc5cccc(n5)-c5cccc(n5)C3)C4)C(=O)N2)s1. The van der Waals surface area contributed by atoms with E-state index in [9.17, 15) is 27.6 Å². The third-order valence-corrected chi connectivity index (χ3v) is 14.3. The second-order valence-corrected chi connectivity index (χ2v) is 22.4. The number of carbonyl (C=O) groups is 4. The standard InChI is InChI=1S/C56H56N10O5S.CH4O3S/c67-53-21-5-2-4-16-50(56(71)57-29-45-24-23-44(72-45)15-3-1-6-22-54(68)69)64-55(70)37-26-43-35-66-32-40-13-9-19-48(60-40)46-17-7-11-38(58-46)30-65(34-42-25-36(53)27-51(62-42)52(28-37)63-43)31-39-12-8-18-47(59-39)49-20-10-14-41(33-66)61-49;1-5(2,3)4/h7-14,17-20,23-28,50H,1-6,15-16,21-22,29-35H2,(H,57,71)(H,64,70)(H,68,69);1H3,(H,2,3,4). The van der Waals surface area contributed by atoms with Gasteiger partial charge in [-0.3, -0.25) is 33.5 Å². The van der Waals surface area contributed by atoms with Gasteiger partial charge in [0.25, 0.3) is 16.0 Å². The van der Waals surface area contributed by atoms with Crippen LogP contribution < -0.4 is 10.6 Å². The van der Waals surface area contributed by atoms with Crippen LogP contribution in [-0.4, -0.2) is 93.6 Å². The number of hydrogen-bond donors (Lipinski definition) is 4. The molecule has 0 spiro atoms. The molecule has 0 saturated heterocycles. The summed E-state index contributed by atoms with van der Waals surface area (Å²) in [7, 11) is -3.67. The number of nitrogens with zero attached hydrogens (tertiary/aromatic N) is 8. The molecule has 18 nitrogen and oxygen atoms in total. The lowest BCUT2D eigenvalue weighted by Gasteiger charge is -2.24. The van der Waals surface area contributed by atoms with Crippen LogP contribution in [0.15, 0.2) is 109 Å². The lowest BCUT2D eigenvalue weighted by Crippen LogP contribution is -2.46. The van der Waals surface area contributed by atoms with Crippen LogP contribution in [0.1, 0.15) is 122 Å². The van der Waals surface area contributed by atoms with E-state index in [-0.39, 0.29) is 24.7 Å². The zero-order valence-corrected chi connectivity index (χ0v) is 44.4. The Morgan fingerprint density at radius 2 is 1.08 bits per heavy atom. The lowest BCUT2D eigenvalue weighted by molar-refractivity contribution is -0.137. The number of carboxylic acids is 1. The average molecular weight is 1080 g/mol. The van der Waals surface area contributed by atoms with Gasteiger partial charge in [0, 0.05) is 73.0 Å². The maximum atomic E-state index is 14.7. The van der Waals surface area contributed by atoms with E-state index in [1.165, 1.54) is 4.88 Å². The minimum atomic E-state index is -3.67. The first-order chi connectivity index (χ1) is 37.1. The summed E-state index contributed by atoms with van der Waals surface area (Å²) in [5, 5.41) is 15.1. The van der Waals surface area contributed by atoms with Crippen molar-refractivity contribution in [3.8, 4) is 34.2 Å². The molecule has 0 radical (unpaired) electrons. The summed E-state index contributed by atoms with van der Waals surface area (Å²) in [6.45, 7) is 2.62. The number of rotatable bonds is 9. The monoisotopic (exact) mass is 1080 g/mol. The Balaban J connectivity index is 0.00000138. The number of aromatic nitrogens is 6. The van der Waals surface area contributed by atoms with Crippen molar-refractivity contribution < 1.29 is 37.3 Å². The summed E-state index contributed by atoms with van der Waals surface area (Å²) in [6, 6.07) is 34.3. The number of Topliss-reactive ketones (excluding diaryl/α,β-unsaturated/α-hetero) is 1. The molecule has 20 heteroatoms. The Morgan fingerprint density at radius 1 is 0.610 bits per heavy atom. The molecule has 2 amide bonds. The van der Waals surface area contributed by atoms with Crippen LogP contribution in [0.4, 0.5) is 0 Å².